The van der Waals surface area contributed by atoms with Crippen LogP contribution in [0.4, 0.5) is 0 Å². The van der Waals surface area contributed by atoms with Gasteiger partial charge in [-0.25, -0.2) is 4.79 Å². The quantitative estimate of drug-likeness (QED) is 0.693. The fourth-order valence-electron chi connectivity index (χ4n) is 1.53. The molecular formula is C10H15NO4. The van der Waals surface area contributed by atoms with Crippen LogP contribution in [0.1, 0.15) is 33.6 Å². The molecule has 1 saturated heterocycles. The van der Waals surface area contributed by atoms with Crippen LogP contribution >= 0.6 is 0 Å². The van der Waals surface area contributed by atoms with Gasteiger partial charge in [0.25, 0.3) is 0 Å². The van der Waals surface area contributed by atoms with Crippen LogP contribution in [-0.4, -0.2) is 33.8 Å². The van der Waals surface area contributed by atoms with E-state index < -0.39 is 23.3 Å². The first-order valence-corrected chi connectivity index (χ1v) is 4.84. The maximum absolute atomic E-state index is 11.8. The number of likely N-dealkylation sites (tertiary alicyclic amines) is 1. The Morgan fingerprint density at radius 3 is 2.33 bits per heavy atom. The van der Waals surface area contributed by atoms with Crippen LogP contribution in [0, 0.1) is 5.41 Å². The number of nitrogens with zero attached hydrogens (tertiary/aromatic N) is 1. The highest BCUT2D eigenvalue weighted by Gasteiger charge is 2.43. The Hall–Kier alpha value is -1.39. The molecule has 1 atom stereocenters. The topological polar surface area (TPSA) is 74.7 Å². The van der Waals surface area contributed by atoms with Crippen molar-refractivity contribution < 1.29 is 19.5 Å². The molecule has 2 amide bonds. The van der Waals surface area contributed by atoms with Crippen LogP contribution in [0.15, 0.2) is 0 Å². The van der Waals surface area contributed by atoms with E-state index in [4.69, 9.17) is 5.11 Å². The lowest BCUT2D eigenvalue weighted by Gasteiger charge is -2.27. The molecule has 5 nitrogen and oxygen atoms in total. The third-order valence-electron chi connectivity index (χ3n) is 2.36. The molecule has 0 aromatic heterocycles. The lowest BCUT2D eigenvalue weighted by molar-refractivity contribution is -0.157. The van der Waals surface area contributed by atoms with E-state index in [-0.39, 0.29) is 18.7 Å². The van der Waals surface area contributed by atoms with Crippen molar-refractivity contribution in [1.29, 1.82) is 0 Å². The molecule has 0 aromatic carbocycles. The largest absolute Gasteiger partial charge is 0.480 e. The number of carboxylic acid groups (broad SMARTS) is 1. The van der Waals surface area contributed by atoms with Gasteiger partial charge in [-0.2, -0.15) is 0 Å². The third-order valence-corrected chi connectivity index (χ3v) is 2.36. The maximum atomic E-state index is 11.8. The smallest absolute Gasteiger partial charge is 0.326 e. The molecule has 1 aliphatic rings. The zero-order valence-electron chi connectivity index (χ0n) is 9.11. The first-order chi connectivity index (χ1) is 6.75. The number of amides is 2. The Morgan fingerprint density at radius 2 is 1.93 bits per heavy atom. The van der Waals surface area contributed by atoms with E-state index in [1.165, 1.54) is 0 Å². The maximum Gasteiger partial charge on any atom is 0.326 e. The minimum absolute atomic E-state index is 0.138. The Morgan fingerprint density at radius 1 is 1.40 bits per heavy atom. The number of aliphatic carboxylic acids is 1. The lowest BCUT2D eigenvalue weighted by Crippen LogP contribution is -2.47. The summed E-state index contributed by atoms with van der Waals surface area (Å²) in [7, 11) is 0. The van der Waals surface area contributed by atoms with Gasteiger partial charge in [0.1, 0.15) is 6.04 Å². The first kappa shape index (κ1) is 11.7. The normalized spacial score (nSPS) is 21.9. The zero-order valence-corrected chi connectivity index (χ0v) is 9.11. The summed E-state index contributed by atoms with van der Waals surface area (Å²) in [5.74, 6) is -1.92. The van der Waals surface area contributed by atoms with Gasteiger partial charge in [-0.05, 0) is 6.42 Å². The van der Waals surface area contributed by atoms with Crippen molar-refractivity contribution in [2.75, 3.05) is 0 Å². The first-order valence-electron chi connectivity index (χ1n) is 4.84. The van der Waals surface area contributed by atoms with Crippen molar-refractivity contribution in [3.63, 3.8) is 0 Å². The van der Waals surface area contributed by atoms with Gasteiger partial charge in [0.2, 0.25) is 11.8 Å². The summed E-state index contributed by atoms with van der Waals surface area (Å²) >= 11 is 0. The number of rotatable bonds is 1. The molecule has 1 fully saturated rings. The van der Waals surface area contributed by atoms with E-state index in [2.05, 4.69) is 0 Å². The van der Waals surface area contributed by atoms with Gasteiger partial charge >= 0.3 is 5.97 Å². The Balaban J connectivity index is 2.95. The van der Waals surface area contributed by atoms with E-state index in [1.807, 2.05) is 0 Å². The predicted octanol–water partition coefficient (Wildman–Crippen LogP) is 0.635. The molecule has 0 aromatic rings. The Bertz CT molecular complexity index is 316. The van der Waals surface area contributed by atoms with Crippen molar-refractivity contribution in [3.05, 3.63) is 0 Å². The van der Waals surface area contributed by atoms with Crippen molar-refractivity contribution >= 4 is 17.8 Å². The van der Waals surface area contributed by atoms with Crippen LogP contribution < -0.4 is 0 Å². The van der Waals surface area contributed by atoms with E-state index in [0.717, 1.165) is 4.90 Å². The second-order valence-corrected chi connectivity index (χ2v) is 4.71. The summed E-state index contributed by atoms with van der Waals surface area (Å²) in [6, 6.07) is -0.982. The van der Waals surface area contributed by atoms with Gasteiger partial charge < -0.3 is 5.11 Å². The highest BCUT2D eigenvalue weighted by atomic mass is 16.4. The van der Waals surface area contributed by atoms with Crippen LogP contribution in [0.25, 0.3) is 0 Å². The molecule has 84 valence electrons. The number of hydrogen-bond acceptors (Lipinski definition) is 3. The number of carbonyl (C=O) groups is 3. The van der Waals surface area contributed by atoms with Crippen molar-refractivity contribution in [3.8, 4) is 0 Å². The molecule has 1 unspecified atom stereocenters. The van der Waals surface area contributed by atoms with Gasteiger partial charge in [0, 0.05) is 11.8 Å². The summed E-state index contributed by atoms with van der Waals surface area (Å²) < 4.78 is 0. The zero-order chi connectivity index (χ0) is 11.8. The molecule has 5 heteroatoms. The molecule has 0 aliphatic carbocycles. The fourth-order valence-corrected chi connectivity index (χ4v) is 1.53. The van der Waals surface area contributed by atoms with Crippen LogP contribution in [-0.2, 0) is 14.4 Å². The molecule has 0 saturated carbocycles. The van der Waals surface area contributed by atoms with E-state index in [9.17, 15) is 14.4 Å². The molecule has 1 heterocycles. The minimum atomic E-state index is -1.11. The van der Waals surface area contributed by atoms with E-state index >= 15 is 0 Å². The second kappa shape index (κ2) is 3.64. The Kier molecular flexibility index (Phi) is 2.83. The monoisotopic (exact) mass is 213 g/mol. The SMILES string of the molecule is CC(C)(C)C(=O)N1C(=O)CCC1C(=O)O. The van der Waals surface area contributed by atoms with Gasteiger partial charge in [-0.15, -0.1) is 0 Å². The Labute approximate surface area is 88.1 Å². The van der Waals surface area contributed by atoms with Gasteiger partial charge in [-0.3, -0.25) is 14.5 Å². The lowest BCUT2D eigenvalue weighted by atomic mass is 9.94. The molecule has 1 N–H and O–H groups in total. The van der Waals surface area contributed by atoms with Gasteiger partial charge in [0.15, 0.2) is 0 Å². The van der Waals surface area contributed by atoms with E-state index in [1.54, 1.807) is 20.8 Å². The molecular weight excluding hydrogens is 198 g/mol. The molecule has 1 rings (SSSR count). The summed E-state index contributed by atoms with van der Waals surface area (Å²) in [6.45, 7) is 5.00. The number of carbonyl (C=O) groups excluding carboxylic acids is 2. The van der Waals surface area contributed by atoms with Crippen LogP contribution in [0.3, 0.4) is 0 Å². The summed E-state index contributed by atoms with van der Waals surface area (Å²) in [4.78, 5) is 35.0. The molecule has 15 heavy (non-hydrogen) atoms. The highest BCUT2D eigenvalue weighted by molar-refractivity contribution is 6.03. The van der Waals surface area contributed by atoms with Gasteiger partial charge in [0.05, 0.1) is 0 Å². The third kappa shape index (κ3) is 2.16. The summed E-state index contributed by atoms with van der Waals surface area (Å²) in [5.41, 5.74) is -0.728. The van der Waals surface area contributed by atoms with Crippen molar-refractivity contribution in [2.45, 2.75) is 39.7 Å². The molecule has 1 aliphatic heterocycles. The minimum Gasteiger partial charge on any atom is -0.480 e. The second-order valence-electron chi connectivity index (χ2n) is 4.71. The fraction of sp³-hybridized carbons (Fsp3) is 0.700. The van der Waals surface area contributed by atoms with Crippen molar-refractivity contribution in [2.24, 2.45) is 5.41 Å². The average Bonchev–Trinajstić information content (AvgIpc) is 2.44. The van der Waals surface area contributed by atoms with Crippen LogP contribution in [0.5, 0.6) is 0 Å². The van der Waals surface area contributed by atoms with E-state index in [0.29, 0.717) is 0 Å². The van der Waals surface area contributed by atoms with Crippen molar-refractivity contribution in [1.82, 2.24) is 4.90 Å². The predicted molar refractivity (Wildman–Crippen MR) is 52.0 cm³/mol. The summed E-state index contributed by atoms with van der Waals surface area (Å²) in [5, 5.41) is 8.87. The summed E-state index contributed by atoms with van der Waals surface area (Å²) in [6.07, 6.45) is 0.356. The molecule has 0 bridgehead atoms. The highest BCUT2D eigenvalue weighted by Crippen LogP contribution is 2.26. The average molecular weight is 213 g/mol. The van der Waals surface area contributed by atoms with Crippen LogP contribution in [0.2, 0.25) is 0 Å². The molecule has 0 radical (unpaired) electrons. The molecule has 0 spiro atoms. The number of hydrogen-bond donors (Lipinski definition) is 1. The standard InChI is InChI=1S/C10H15NO4/c1-10(2,3)9(15)11-6(8(13)14)4-5-7(11)12/h6H,4-5H2,1-3H3,(H,13,14). The van der Waals surface area contributed by atoms with Gasteiger partial charge in [-0.1, -0.05) is 20.8 Å². The number of imide groups is 1. The number of carboxylic acids is 1.